The maximum Gasteiger partial charge on any atom is 0.417 e. The van der Waals surface area contributed by atoms with Crippen molar-refractivity contribution in [3.05, 3.63) is 93.8 Å². The van der Waals surface area contributed by atoms with Gasteiger partial charge < -0.3 is 10.1 Å². The van der Waals surface area contributed by atoms with Crippen LogP contribution in [-0.4, -0.2) is 45.2 Å². The zero-order chi connectivity index (χ0) is 30.2. The fourth-order valence-electron chi connectivity index (χ4n) is 4.23. The van der Waals surface area contributed by atoms with Crippen LogP contribution >= 0.6 is 11.6 Å². The lowest BCUT2D eigenvalue weighted by Gasteiger charge is -2.24. The molecule has 0 fully saturated rings. The second-order valence-corrected chi connectivity index (χ2v) is 11.9. The number of benzene rings is 3. The van der Waals surface area contributed by atoms with Crippen LogP contribution in [0.5, 0.6) is 5.75 Å². The molecule has 1 N–H and O–H groups in total. The molecule has 3 aromatic carbocycles. The molecule has 0 radical (unpaired) electrons. The zero-order valence-corrected chi connectivity index (χ0v) is 24.2. The molecule has 0 heterocycles. The summed E-state index contributed by atoms with van der Waals surface area (Å²) in [5.74, 6) is -1.26. The summed E-state index contributed by atoms with van der Waals surface area (Å²) in [5.41, 5.74) is 0.339. The van der Waals surface area contributed by atoms with Crippen molar-refractivity contribution in [2.75, 3.05) is 26.0 Å². The highest BCUT2D eigenvalue weighted by Gasteiger charge is 2.34. The lowest BCUT2D eigenvalue weighted by atomic mass is 10.1. The maximum absolute atomic E-state index is 14.8. The Hall–Kier alpha value is -3.15. The van der Waals surface area contributed by atoms with E-state index in [1.807, 2.05) is 35.2 Å². The van der Waals surface area contributed by atoms with Gasteiger partial charge in [-0.25, -0.2) is 12.8 Å². The van der Waals surface area contributed by atoms with Gasteiger partial charge in [0, 0.05) is 51.0 Å². The average Bonchev–Trinajstić information content (AvgIpc) is 2.89. The summed E-state index contributed by atoms with van der Waals surface area (Å²) in [7, 11) is -3.83. The minimum Gasteiger partial charge on any atom is -0.493 e. The molecule has 41 heavy (non-hydrogen) atoms. The molecular formula is C29H31ClF4N2O4S. The summed E-state index contributed by atoms with van der Waals surface area (Å²) in [5, 5.41) is 2.05. The van der Waals surface area contributed by atoms with E-state index in [2.05, 4.69) is 5.32 Å². The molecule has 3 rings (SSSR count). The summed E-state index contributed by atoms with van der Waals surface area (Å²) in [6.07, 6.45) is -2.58. The summed E-state index contributed by atoms with van der Waals surface area (Å²) in [4.78, 5) is 12.9. The van der Waals surface area contributed by atoms with Crippen molar-refractivity contribution in [2.45, 2.75) is 43.9 Å². The third-order valence-electron chi connectivity index (χ3n) is 6.27. The SMILES string of the molecule is CC(=O)NCc1c(F)cc(OCCCN(CCc2ccccc2)Cc2cccc(C(F)(F)F)c2Cl)cc1S(C)(=O)=O. The predicted octanol–water partition coefficient (Wildman–Crippen LogP) is 6.05. The number of halogens is 5. The second-order valence-electron chi connectivity index (χ2n) is 9.55. The highest BCUT2D eigenvalue weighted by atomic mass is 35.5. The molecule has 0 unspecified atom stereocenters. The van der Waals surface area contributed by atoms with Gasteiger partial charge in [0.15, 0.2) is 9.84 Å². The van der Waals surface area contributed by atoms with Gasteiger partial charge in [-0.15, -0.1) is 0 Å². The fourth-order valence-corrected chi connectivity index (χ4v) is 5.47. The van der Waals surface area contributed by atoms with Gasteiger partial charge in [-0.05, 0) is 36.1 Å². The topological polar surface area (TPSA) is 75.7 Å². The minimum atomic E-state index is -4.58. The van der Waals surface area contributed by atoms with Gasteiger partial charge in [0.25, 0.3) is 0 Å². The van der Waals surface area contributed by atoms with Gasteiger partial charge in [-0.3, -0.25) is 9.69 Å². The van der Waals surface area contributed by atoms with Gasteiger partial charge >= 0.3 is 6.18 Å². The van der Waals surface area contributed by atoms with E-state index >= 15 is 0 Å². The van der Waals surface area contributed by atoms with Crippen LogP contribution in [-0.2, 0) is 40.3 Å². The molecule has 0 aromatic heterocycles. The molecule has 222 valence electrons. The Kier molecular flexibility index (Phi) is 11.2. The van der Waals surface area contributed by atoms with E-state index in [1.165, 1.54) is 19.1 Å². The molecule has 0 saturated carbocycles. The largest absolute Gasteiger partial charge is 0.493 e. The number of carbonyl (C=O) groups excluding carboxylic acids is 1. The number of nitrogens with one attached hydrogen (secondary N) is 1. The van der Waals surface area contributed by atoms with Gasteiger partial charge in [-0.1, -0.05) is 54.1 Å². The Morgan fingerprint density at radius 2 is 1.76 bits per heavy atom. The molecule has 0 atom stereocenters. The van der Waals surface area contributed by atoms with Gasteiger partial charge in [0.05, 0.1) is 22.1 Å². The van der Waals surface area contributed by atoms with Crippen LogP contribution in [0.15, 0.2) is 65.6 Å². The first kappa shape index (κ1) is 32.4. The monoisotopic (exact) mass is 614 g/mol. The molecule has 0 aliphatic carbocycles. The number of rotatable bonds is 13. The summed E-state index contributed by atoms with van der Waals surface area (Å²) in [6.45, 7) is 2.15. The van der Waals surface area contributed by atoms with Crippen molar-refractivity contribution in [3.63, 3.8) is 0 Å². The van der Waals surface area contributed by atoms with Crippen molar-refractivity contribution < 1.29 is 35.5 Å². The van der Waals surface area contributed by atoms with Crippen LogP contribution in [0.1, 0.15) is 35.6 Å². The van der Waals surface area contributed by atoms with Crippen molar-refractivity contribution in [3.8, 4) is 5.75 Å². The van der Waals surface area contributed by atoms with Crippen LogP contribution in [0.2, 0.25) is 5.02 Å². The molecule has 0 aliphatic heterocycles. The van der Waals surface area contributed by atoms with Gasteiger partial charge in [0.1, 0.15) is 11.6 Å². The third-order valence-corrected chi connectivity index (χ3v) is 7.88. The van der Waals surface area contributed by atoms with E-state index in [9.17, 15) is 30.8 Å². The Morgan fingerprint density at radius 1 is 1.05 bits per heavy atom. The number of ether oxygens (including phenoxy) is 1. The van der Waals surface area contributed by atoms with E-state index in [1.54, 1.807) is 6.07 Å². The molecule has 6 nitrogen and oxygen atoms in total. The van der Waals surface area contributed by atoms with Gasteiger partial charge in [-0.2, -0.15) is 13.2 Å². The molecule has 0 aliphatic rings. The number of nitrogens with zero attached hydrogens (tertiary/aromatic N) is 1. The first-order chi connectivity index (χ1) is 19.3. The van der Waals surface area contributed by atoms with E-state index in [4.69, 9.17) is 16.3 Å². The number of carbonyl (C=O) groups is 1. The van der Waals surface area contributed by atoms with Crippen molar-refractivity contribution in [1.82, 2.24) is 10.2 Å². The molecule has 12 heteroatoms. The van der Waals surface area contributed by atoms with E-state index in [0.29, 0.717) is 31.5 Å². The smallest absolute Gasteiger partial charge is 0.417 e. The van der Waals surface area contributed by atoms with Crippen LogP contribution < -0.4 is 10.1 Å². The predicted molar refractivity (Wildman–Crippen MR) is 149 cm³/mol. The standard InChI is InChI=1S/C29H31ClF4N2O4S/c1-20(37)35-18-24-26(31)16-23(17-27(24)41(2,38)39)40-15-7-13-36(14-12-21-8-4-3-5-9-21)19-22-10-6-11-25(28(22)30)29(32,33)34/h3-6,8-11,16-17H,7,12-15,18-19H2,1-2H3,(H,35,37). The Balaban J connectivity index is 1.72. The molecule has 3 aromatic rings. The Labute approximate surface area is 242 Å². The van der Waals surface area contributed by atoms with Crippen molar-refractivity contribution >= 4 is 27.3 Å². The van der Waals surface area contributed by atoms with E-state index in [0.717, 1.165) is 24.0 Å². The number of amides is 1. The summed E-state index contributed by atoms with van der Waals surface area (Å²) in [6, 6.07) is 15.7. The Bertz CT molecular complexity index is 1450. The van der Waals surface area contributed by atoms with Crippen molar-refractivity contribution in [1.29, 1.82) is 0 Å². The van der Waals surface area contributed by atoms with Gasteiger partial charge in [0.2, 0.25) is 5.91 Å². The zero-order valence-electron chi connectivity index (χ0n) is 22.6. The number of hydrogen-bond acceptors (Lipinski definition) is 5. The third kappa shape index (κ3) is 9.72. The molecule has 1 amide bonds. The fraction of sp³-hybridized carbons (Fsp3) is 0.345. The Morgan fingerprint density at radius 3 is 2.39 bits per heavy atom. The number of alkyl halides is 3. The molecule has 0 bridgehead atoms. The first-order valence-electron chi connectivity index (χ1n) is 12.8. The molecule has 0 spiro atoms. The minimum absolute atomic E-state index is 0.00579. The van der Waals surface area contributed by atoms with E-state index < -0.39 is 33.3 Å². The summed E-state index contributed by atoms with van der Waals surface area (Å²) >= 11 is 6.14. The lowest BCUT2D eigenvalue weighted by molar-refractivity contribution is -0.137. The molecular weight excluding hydrogens is 584 g/mol. The first-order valence-corrected chi connectivity index (χ1v) is 15.0. The highest BCUT2D eigenvalue weighted by molar-refractivity contribution is 7.90. The normalized spacial score (nSPS) is 12.0. The second kappa shape index (κ2) is 14.2. The quantitative estimate of drug-likeness (QED) is 0.187. The van der Waals surface area contributed by atoms with Crippen molar-refractivity contribution in [2.24, 2.45) is 0 Å². The summed E-state index contributed by atoms with van der Waals surface area (Å²) < 4.78 is 85.1. The van der Waals surface area contributed by atoms with Crippen LogP contribution in [0.25, 0.3) is 0 Å². The lowest BCUT2D eigenvalue weighted by Crippen LogP contribution is -2.28. The maximum atomic E-state index is 14.8. The van der Waals surface area contributed by atoms with Crippen LogP contribution in [0.4, 0.5) is 17.6 Å². The van der Waals surface area contributed by atoms with E-state index in [-0.39, 0.29) is 40.9 Å². The molecule has 0 saturated heterocycles. The number of hydrogen-bond donors (Lipinski definition) is 1. The number of sulfone groups is 1. The highest BCUT2D eigenvalue weighted by Crippen LogP contribution is 2.36. The van der Waals surface area contributed by atoms with Crippen LogP contribution in [0, 0.1) is 5.82 Å². The average molecular weight is 615 g/mol. The van der Waals surface area contributed by atoms with Crippen LogP contribution in [0.3, 0.4) is 0 Å².